The van der Waals surface area contributed by atoms with Crippen LogP contribution in [0.25, 0.3) is 0 Å². The van der Waals surface area contributed by atoms with Crippen LogP contribution in [0.4, 0.5) is 11.5 Å². The van der Waals surface area contributed by atoms with E-state index in [4.69, 9.17) is 0 Å². The molecular weight excluding hydrogens is 266 g/mol. The first-order valence-corrected chi connectivity index (χ1v) is 6.91. The quantitative estimate of drug-likeness (QED) is 0.665. The fourth-order valence-electron chi connectivity index (χ4n) is 2.05. The van der Waals surface area contributed by atoms with Gasteiger partial charge in [0.05, 0.1) is 4.92 Å². The average Bonchev–Trinajstić information content (AvgIpc) is 2.46. The molecular formula is C16H19N3O2. The van der Waals surface area contributed by atoms with Crippen molar-refractivity contribution in [2.24, 2.45) is 0 Å². The van der Waals surface area contributed by atoms with Crippen LogP contribution in [0, 0.1) is 17.0 Å². The number of nitrogens with zero attached hydrogens (tertiary/aromatic N) is 2. The van der Waals surface area contributed by atoms with E-state index < -0.39 is 4.92 Å². The first kappa shape index (κ1) is 15.0. The zero-order chi connectivity index (χ0) is 15.4. The number of aromatic nitrogens is 1. The molecule has 0 bridgehead atoms. The van der Waals surface area contributed by atoms with Crippen molar-refractivity contribution in [3.8, 4) is 0 Å². The van der Waals surface area contributed by atoms with Crippen molar-refractivity contribution in [3.05, 3.63) is 63.3 Å². The number of benzene rings is 1. The number of hydrogen-bond donors (Lipinski definition) is 1. The summed E-state index contributed by atoms with van der Waals surface area (Å²) in [5.74, 6) is 1.19. The molecule has 1 aromatic heterocycles. The molecule has 0 aliphatic heterocycles. The van der Waals surface area contributed by atoms with Crippen LogP contribution < -0.4 is 5.32 Å². The predicted octanol–water partition coefficient (Wildman–Crippen LogP) is 4.03. The molecule has 110 valence electrons. The standard InChI is InChI=1S/C16H19N3O2/c1-11(2)14-6-4-13(5-7-14)9-17-16-12(3)8-15(10-18-16)19(20)21/h4-8,10-11H,9H2,1-3H3,(H,17,18). The van der Waals surface area contributed by atoms with Gasteiger partial charge in [-0.15, -0.1) is 0 Å². The zero-order valence-electron chi connectivity index (χ0n) is 12.5. The van der Waals surface area contributed by atoms with Crippen LogP contribution >= 0.6 is 0 Å². The Hall–Kier alpha value is -2.43. The predicted molar refractivity (Wildman–Crippen MR) is 83.5 cm³/mol. The lowest BCUT2D eigenvalue weighted by Gasteiger charge is -2.10. The summed E-state index contributed by atoms with van der Waals surface area (Å²) in [4.78, 5) is 14.3. The molecule has 0 amide bonds. The Balaban J connectivity index is 2.04. The van der Waals surface area contributed by atoms with E-state index in [0.29, 0.717) is 18.3 Å². The maximum absolute atomic E-state index is 10.7. The van der Waals surface area contributed by atoms with Gasteiger partial charge in [0.15, 0.2) is 0 Å². The Morgan fingerprint density at radius 1 is 1.29 bits per heavy atom. The molecule has 1 N–H and O–H groups in total. The van der Waals surface area contributed by atoms with E-state index in [1.54, 1.807) is 0 Å². The number of rotatable bonds is 5. The minimum atomic E-state index is -0.436. The highest BCUT2D eigenvalue weighted by Crippen LogP contribution is 2.19. The van der Waals surface area contributed by atoms with Gasteiger partial charge in [-0.2, -0.15) is 0 Å². The highest BCUT2D eigenvalue weighted by molar-refractivity contribution is 5.48. The lowest BCUT2D eigenvalue weighted by molar-refractivity contribution is -0.385. The lowest BCUT2D eigenvalue weighted by Crippen LogP contribution is -2.04. The molecule has 0 unspecified atom stereocenters. The molecule has 1 heterocycles. The molecule has 0 atom stereocenters. The van der Waals surface area contributed by atoms with Crippen LogP contribution in [0.3, 0.4) is 0 Å². The number of pyridine rings is 1. The van der Waals surface area contributed by atoms with Gasteiger partial charge in [-0.05, 0) is 29.5 Å². The molecule has 1 aromatic carbocycles. The van der Waals surface area contributed by atoms with Gasteiger partial charge in [0.1, 0.15) is 12.0 Å². The summed E-state index contributed by atoms with van der Waals surface area (Å²) >= 11 is 0. The molecule has 0 fully saturated rings. The van der Waals surface area contributed by atoms with E-state index in [1.807, 2.05) is 6.92 Å². The topological polar surface area (TPSA) is 68.1 Å². The van der Waals surface area contributed by atoms with Crippen LogP contribution in [0.5, 0.6) is 0 Å². The third-order valence-electron chi connectivity index (χ3n) is 3.38. The zero-order valence-corrected chi connectivity index (χ0v) is 12.5. The first-order valence-electron chi connectivity index (χ1n) is 6.91. The smallest absolute Gasteiger partial charge is 0.287 e. The normalized spacial score (nSPS) is 10.7. The average molecular weight is 285 g/mol. The molecule has 0 saturated heterocycles. The van der Waals surface area contributed by atoms with Gasteiger partial charge in [-0.1, -0.05) is 38.1 Å². The Kier molecular flexibility index (Phi) is 4.52. The molecule has 21 heavy (non-hydrogen) atoms. The van der Waals surface area contributed by atoms with Crippen molar-refractivity contribution in [1.82, 2.24) is 4.98 Å². The Morgan fingerprint density at radius 2 is 1.95 bits per heavy atom. The van der Waals surface area contributed by atoms with Crippen LogP contribution in [0.1, 0.15) is 36.5 Å². The van der Waals surface area contributed by atoms with Crippen molar-refractivity contribution in [3.63, 3.8) is 0 Å². The molecule has 0 aliphatic rings. The monoisotopic (exact) mass is 285 g/mol. The maximum atomic E-state index is 10.7. The van der Waals surface area contributed by atoms with Gasteiger partial charge in [-0.25, -0.2) is 4.98 Å². The minimum absolute atomic E-state index is 0.0133. The van der Waals surface area contributed by atoms with Gasteiger partial charge < -0.3 is 5.32 Å². The van der Waals surface area contributed by atoms with Crippen molar-refractivity contribution < 1.29 is 4.92 Å². The molecule has 2 rings (SSSR count). The van der Waals surface area contributed by atoms with Gasteiger partial charge in [0, 0.05) is 12.6 Å². The van der Waals surface area contributed by atoms with Crippen LogP contribution in [-0.2, 0) is 6.54 Å². The molecule has 0 spiro atoms. The molecule has 0 aliphatic carbocycles. The number of aryl methyl sites for hydroxylation is 1. The van der Waals surface area contributed by atoms with Crippen LogP contribution in [0.15, 0.2) is 36.5 Å². The number of nitrogens with one attached hydrogen (secondary N) is 1. The van der Waals surface area contributed by atoms with Crippen molar-refractivity contribution in [2.45, 2.75) is 33.2 Å². The first-order chi connectivity index (χ1) is 9.97. The molecule has 5 nitrogen and oxygen atoms in total. The fraction of sp³-hybridized carbons (Fsp3) is 0.312. The number of nitro groups is 1. The number of anilines is 1. The third kappa shape index (κ3) is 3.78. The van der Waals surface area contributed by atoms with Crippen molar-refractivity contribution in [1.29, 1.82) is 0 Å². The Morgan fingerprint density at radius 3 is 2.48 bits per heavy atom. The largest absolute Gasteiger partial charge is 0.366 e. The van der Waals surface area contributed by atoms with E-state index in [1.165, 1.54) is 17.8 Å². The highest BCUT2D eigenvalue weighted by Gasteiger charge is 2.09. The minimum Gasteiger partial charge on any atom is -0.366 e. The van der Waals surface area contributed by atoms with Crippen molar-refractivity contribution >= 4 is 11.5 Å². The molecule has 5 heteroatoms. The third-order valence-corrected chi connectivity index (χ3v) is 3.38. The number of hydrogen-bond acceptors (Lipinski definition) is 4. The summed E-state index contributed by atoms with van der Waals surface area (Å²) in [5, 5.41) is 13.9. The fourth-order valence-corrected chi connectivity index (χ4v) is 2.05. The molecule has 0 radical (unpaired) electrons. The lowest BCUT2D eigenvalue weighted by atomic mass is 10.0. The summed E-state index contributed by atoms with van der Waals surface area (Å²) in [7, 11) is 0. The SMILES string of the molecule is Cc1cc([N+](=O)[O-])cnc1NCc1ccc(C(C)C)cc1. The van der Waals surface area contributed by atoms with Crippen LogP contribution in [0.2, 0.25) is 0 Å². The van der Waals surface area contributed by atoms with E-state index in [2.05, 4.69) is 48.4 Å². The van der Waals surface area contributed by atoms with Gasteiger partial charge in [0.25, 0.3) is 5.69 Å². The summed E-state index contributed by atoms with van der Waals surface area (Å²) in [6.45, 7) is 6.78. The summed E-state index contributed by atoms with van der Waals surface area (Å²) in [5.41, 5.74) is 3.24. The summed E-state index contributed by atoms with van der Waals surface area (Å²) in [6, 6.07) is 9.94. The summed E-state index contributed by atoms with van der Waals surface area (Å²) < 4.78 is 0. The maximum Gasteiger partial charge on any atom is 0.287 e. The Bertz CT molecular complexity index is 636. The second kappa shape index (κ2) is 6.35. The second-order valence-corrected chi connectivity index (χ2v) is 5.37. The van der Waals surface area contributed by atoms with E-state index in [-0.39, 0.29) is 5.69 Å². The summed E-state index contributed by atoms with van der Waals surface area (Å²) in [6.07, 6.45) is 1.27. The van der Waals surface area contributed by atoms with Crippen LogP contribution in [-0.4, -0.2) is 9.91 Å². The van der Waals surface area contributed by atoms with Gasteiger partial charge in [-0.3, -0.25) is 10.1 Å². The van der Waals surface area contributed by atoms with E-state index in [9.17, 15) is 10.1 Å². The van der Waals surface area contributed by atoms with E-state index in [0.717, 1.165) is 11.1 Å². The van der Waals surface area contributed by atoms with Gasteiger partial charge in [0.2, 0.25) is 0 Å². The Labute approximate surface area is 124 Å². The van der Waals surface area contributed by atoms with Crippen molar-refractivity contribution in [2.75, 3.05) is 5.32 Å². The molecule has 0 saturated carbocycles. The van der Waals surface area contributed by atoms with Gasteiger partial charge >= 0.3 is 0 Å². The second-order valence-electron chi connectivity index (χ2n) is 5.37. The van der Waals surface area contributed by atoms with E-state index >= 15 is 0 Å². The molecule has 2 aromatic rings. The highest BCUT2D eigenvalue weighted by atomic mass is 16.6.